The number of anilines is 1. The summed E-state index contributed by atoms with van der Waals surface area (Å²) in [4.78, 5) is 2.07. The van der Waals surface area contributed by atoms with Gasteiger partial charge in [0.05, 0.1) is 7.11 Å². The molecule has 2 rings (SSSR count). The molecule has 0 aromatic heterocycles. The summed E-state index contributed by atoms with van der Waals surface area (Å²) in [5.41, 5.74) is 8.85. The first-order valence-electron chi connectivity index (χ1n) is 6.90. The number of nitrogens with two attached hydrogens (primary N) is 1. The van der Waals surface area contributed by atoms with Gasteiger partial charge in [0.25, 0.3) is 0 Å². The molecule has 0 fully saturated rings. The minimum absolute atomic E-state index is 0.214. The van der Waals surface area contributed by atoms with E-state index in [0.717, 1.165) is 29.1 Å². The van der Waals surface area contributed by atoms with Gasteiger partial charge in [0.15, 0.2) is 0 Å². The Kier molecular flexibility index (Phi) is 4.81. The predicted molar refractivity (Wildman–Crippen MR) is 84.1 cm³/mol. The van der Waals surface area contributed by atoms with Crippen LogP contribution in [0, 0.1) is 5.82 Å². The number of halogens is 1. The molecule has 1 atom stereocenters. The van der Waals surface area contributed by atoms with Crippen LogP contribution in [0.4, 0.5) is 10.1 Å². The molecular formula is C17H21FN2O. The maximum Gasteiger partial charge on any atom is 0.123 e. The van der Waals surface area contributed by atoms with E-state index in [2.05, 4.69) is 4.90 Å². The highest BCUT2D eigenvalue weighted by Gasteiger charge is 2.12. The summed E-state index contributed by atoms with van der Waals surface area (Å²) in [6.07, 6.45) is 0. The molecule has 2 N–H and O–H groups in total. The summed E-state index contributed by atoms with van der Waals surface area (Å²) < 4.78 is 18.5. The van der Waals surface area contributed by atoms with Crippen molar-refractivity contribution in [2.45, 2.75) is 19.5 Å². The average molecular weight is 288 g/mol. The van der Waals surface area contributed by atoms with Crippen LogP contribution in [0.3, 0.4) is 0 Å². The van der Waals surface area contributed by atoms with Crippen molar-refractivity contribution in [1.29, 1.82) is 0 Å². The zero-order valence-electron chi connectivity index (χ0n) is 12.6. The first-order valence-corrected chi connectivity index (χ1v) is 6.90. The molecule has 0 saturated heterocycles. The number of ether oxygens (including phenoxy) is 1. The summed E-state index contributed by atoms with van der Waals surface area (Å²) in [5.74, 6) is 0.573. The lowest BCUT2D eigenvalue weighted by atomic mass is 10.1. The monoisotopic (exact) mass is 288 g/mol. The van der Waals surface area contributed by atoms with Crippen molar-refractivity contribution in [1.82, 2.24) is 0 Å². The molecule has 0 radical (unpaired) electrons. The second-order valence-electron chi connectivity index (χ2n) is 5.20. The lowest BCUT2D eigenvalue weighted by molar-refractivity contribution is 0.414. The van der Waals surface area contributed by atoms with Gasteiger partial charge < -0.3 is 15.4 Å². The van der Waals surface area contributed by atoms with Gasteiger partial charge in [-0.1, -0.05) is 12.1 Å². The zero-order valence-corrected chi connectivity index (χ0v) is 12.6. The van der Waals surface area contributed by atoms with E-state index in [-0.39, 0.29) is 11.9 Å². The summed E-state index contributed by atoms with van der Waals surface area (Å²) >= 11 is 0. The van der Waals surface area contributed by atoms with E-state index in [0.29, 0.717) is 0 Å². The molecule has 2 aromatic rings. The fourth-order valence-electron chi connectivity index (χ4n) is 2.33. The molecule has 21 heavy (non-hydrogen) atoms. The predicted octanol–water partition coefficient (Wildman–Crippen LogP) is 3.49. The van der Waals surface area contributed by atoms with Crippen LogP contribution in [0.15, 0.2) is 42.5 Å². The van der Waals surface area contributed by atoms with Gasteiger partial charge >= 0.3 is 0 Å². The third kappa shape index (κ3) is 3.73. The van der Waals surface area contributed by atoms with E-state index < -0.39 is 0 Å². The Morgan fingerprint density at radius 3 is 2.43 bits per heavy atom. The molecule has 0 amide bonds. The third-order valence-electron chi connectivity index (χ3n) is 3.47. The molecular weight excluding hydrogens is 267 g/mol. The average Bonchev–Trinajstić information content (AvgIpc) is 2.47. The standard InChI is InChI=1S/C17H21FN2O/c1-12(19)16-10-14(18)6-9-17(16)20(2)11-13-4-7-15(21-3)8-5-13/h4-10,12H,11,19H2,1-3H3/t12-/m0/s1. The SMILES string of the molecule is COc1ccc(CN(C)c2ccc(F)cc2[C@H](C)N)cc1. The van der Waals surface area contributed by atoms with E-state index in [1.54, 1.807) is 13.2 Å². The molecule has 0 spiro atoms. The Balaban J connectivity index is 2.21. The van der Waals surface area contributed by atoms with Gasteiger partial charge in [0.1, 0.15) is 11.6 Å². The number of rotatable bonds is 5. The fraction of sp³-hybridized carbons (Fsp3) is 0.294. The summed E-state index contributed by atoms with van der Waals surface area (Å²) in [6.45, 7) is 2.58. The summed E-state index contributed by atoms with van der Waals surface area (Å²) in [5, 5.41) is 0. The second-order valence-corrected chi connectivity index (χ2v) is 5.20. The van der Waals surface area contributed by atoms with Gasteiger partial charge in [-0.2, -0.15) is 0 Å². The zero-order chi connectivity index (χ0) is 15.4. The minimum Gasteiger partial charge on any atom is -0.497 e. The van der Waals surface area contributed by atoms with Crippen LogP contribution in [-0.2, 0) is 6.54 Å². The Morgan fingerprint density at radius 2 is 1.86 bits per heavy atom. The Hall–Kier alpha value is -2.07. The molecule has 0 heterocycles. The van der Waals surface area contributed by atoms with Crippen molar-refractivity contribution in [3.05, 3.63) is 59.4 Å². The second kappa shape index (κ2) is 6.59. The lowest BCUT2D eigenvalue weighted by Gasteiger charge is -2.24. The van der Waals surface area contributed by atoms with Crippen LogP contribution < -0.4 is 15.4 Å². The molecule has 0 aliphatic heterocycles. The quantitative estimate of drug-likeness (QED) is 0.915. The molecule has 0 unspecified atom stereocenters. The fourth-order valence-corrected chi connectivity index (χ4v) is 2.33. The molecule has 2 aromatic carbocycles. The summed E-state index contributed by atoms with van der Waals surface area (Å²) in [6, 6.07) is 12.4. The van der Waals surface area contributed by atoms with E-state index in [4.69, 9.17) is 10.5 Å². The molecule has 112 valence electrons. The van der Waals surface area contributed by atoms with Gasteiger partial charge in [0, 0.05) is 25.3 Å². The number of methoxy groups -OCH3 is 1. The number of nitrogens with zero attached hydrogens (tertiary/aromatic N) is 1. The topological polar surface area (TPSA) is 38.5 Å². The molecule has 0 aliphatic rings. The van der Waals surface area contributed by atoms with Crippen molar-refractivity contribution in [3.63, 3.8) is 0 Å². The third-order valence-corrected chi connectivity index (χ3v) is 3.47. The molecule has 4 heteroatoms. The van der Waals surface area contributed by atoms with Gasteiger partial charge in [-0.15, -0.1) is 0 Å². The van der Waals surface area contributed by atoms with Crippen LogP contribution in [0.1, 0.15) is 24.1 Å². The van der Waals surface area contributed by atoms with Crippen molar-refractivity contribution in [2.24, 2.45) is 5.73 Å². The first-order chi connectivity index (χ1) is 10.0. The van der Waals surface area contributed by atoms with Gasteiger partial charge in [-0.25, -0.2) is 4.39 Å². The smallest absolute Gasteiger partial charge is 0.123 e. The van der Waals surface area contributed by atoms with Gasteiger partial charge in [0.2, 0.25) is 0 Å². The van der Waals surface area contributed by atoms with Crippen molar-refractivity contribution >= 4 is 5.69 Å². The highest BCUT2D eigenvalue weighted by atomic mass is 19.1. The minimum atomic E-state index is -0.260. The Morgan fingerprint density at radius 1 is 1.19 bits per heavy atom. The van der Waals surface area contributed by atoms with Gasteiger partial charge in [-0.05, 0) is 48.4 Å². The highest BCUT2D eigenvalue weighted by Crippen LogP contribution is 2.26. The first kappa shape index (κ1) is 15.3. The largest absolute Gasteiger partial charge is 0.497 e. The van der Waals surface area contributed by atoms with Crippen molar-refractivity contribution < 1.29 is 9.13 Å². The van der Waals surface area contributed by atoms with Crippen LogP contribution in [0.5, 0.6) is 5.75 Å². The van der Waals surface area contributed by atoms with Crippen LogP contribution >= 0.6 is 0 Å². The molecule has 0 aliphatic carbocycles. The number of hydrogen-bond acceptors (Lipinski definition) is 3. The Bertz CT molecular complexity index is 596. The highest BCUT2D eigenvalue weighted by molar-refractivity contribution is 5.55. The number of hydrogen-bond donors (Lipinski definition) is 1. The van der Waals surface area contributed by atoms with E-state index in [1.807, 2.05) is 38.2 Å². The molecule has 0 saturated carbocycles. The van der Waals surface area contributed by atoms with Crippen molar-refractivity contribution in [2.75, 3.05) is 19.1 Å². The van der Waals surface area contributed by atoms with E-state index >= 15 is 0 Å². The van der Waals surface area contributed by atoms with Crippen LogP contribution in [0.25, 0.3) is 0 Å². The normalized spacial score (nSPS) is 12.0. The molecule has 3 nitrogen and oxygen atoms in total. The van der Waals surface area contributed by atoms with E-state index in [9.17, 15) is 4.39 Å². The lowest BCUT2D eigenvalue weighted by Crippen LogP contribution is -2.20. The van der Waals surface area contributed by atoms with Crippen LogP contribution in [-0.4, -0.2) is 14.2 Å². The maximum atomic E-state index is 13.4. The summed E-state index contributed by atoms with van der Waals surface area (Å²) in [7, 11) is 3.62. The maximum absolute atomic E-state index is 13.4. The van der Waals surface area contributed by atoms with E-state index in [1.165, 1.54) is 12.1 Å². The Labute approximate surface area is 125 Å². The molecule has 0 bridgehead atoms. The van der Waals surface area contributed by atoms with Crippen molar-refractivity contribution in [3.8, 4) is 5.75 Å². The number of benzene rings is 2. The van der Waals surface area contributed by atoms with Crippen LogP contribution in [0.2, 0.25) is 0 Å². The van der Waals surface area contributed by atoms with Gasteiger partial charge in [-0.3, -0.25) is 0 Å².